The second kappa shape index (κ2) is 4.67. The molecule has 92 valence electrons. The molecule has 2 aliphatic rings. The van der Waals surface area contributed by atoms with E-state index in [-0.39, 0.29) is 0 Å². The summed E-state index contributed by atoms with van der Waals surface area (Å²) in [4.78, 5) is 2.61. The average Bonchev–Trinajstić information content (AvgIpc) is 3.01. The van der Waals surface area contributed by atoms with Crippen LogP contribution in [0.5, 0.6) is 0 Å². The van der Waals surface area contributed by atoms with Gasteiger partial charge < -0.3 is 10.5 Å². The Balaban J connectivity index is 1.71. The molecule has 1 saturated carbocycles. The van der Waals surface area contributed by atoms with Crippen LogP contribution in [0.1, 0.15) is 24.8 Å². The molecule has 3 rings (SSSR count). The molecule has 2 fully saturated rings. The van der Waals surface area contributed by atoms with E-state index < -0.39 is 0 Å². The number of nitrogens with two attached hydrogens (primary N) is 1. The van der Waals surface area contributed by atoms with Crippen molar-refractivity contribution in [2.75, 3.05) is 18.9 Å². The van der Waals surface area contributed by atoms with Gasteiger partial charge in [-0.05, 0) is 37.0 Å². The molecule has 0 aromatic heterocycles. The van der Waals surface area contributed by atoms with Gasteiger partial charge in [-0.1, -0.05) is 12.1 Å². The average molecular weight is 232 g/mol. The van der Waals surface area contributed by atoms with E-state index in [2.05, 4.69) is 17.0 Å². The van der Waals surface area contributed by atoms with Crippen LogP contribution >= 0.6 is 0 Å². The summed E-state index contributed by atoms with van der Waals surface area (Å²) in [5, 5.41) is 0. The smallest absolute Gasteiger partial charge is 0.0622 e. The lowest BCUT2D eigenvalue weighted by atomic mass is 10.1. The molecule has 1 aromatic carbocycles. The number of rotatable bonds is 4. The van der Waals surface area contributed by atoms with E-state index in [0.717, 1.165) is 31.5 Å². The fourth-order valence-corrected chi connectivity index (χ4v) is 2.65. The van der Waals surface area contributed by atoms with E-state index in [9.17, 15) is 0 Å². The predicted octanol–water partition coefficient (Wildman–Crippen LogP) is 2.02. The van der Waals surface area contributed by atoms with Gasteiger partial charge in [-0.2, -0.15) is 0 Å². The summed E-state index contributed by atoms with van der Waals surface area (Å²) in [5.41, 5.74) is 8.02. The molecule has 0 amide bonds. The van der Waals surface area contributed by atoms with Gasteiger partial charge in [0.2, 0.25) is 0 Å². The lowest BCUT2D eigenvalue weighted by molar-refractivity contribution is 0.133. The molecule has 1 unspecified atom stereocenters. The third kappa shape index (κ3) is 2.61. The first-order valence-corrected chi connectivity index (χ1v) is 6.51. The maximum absolute atomic E-state index is 5.84. The van der Waals surface area contributed by atoms with Crippen LogP contribution in [0, 0.1) is 0 Å². The van der Waals surface area contributed by atoms with Crippen molar-refractivity contribution in [3.05, 3.63) is 29.8 Å². The molecule has 1 aromatic rings. The molecule has 1 saturated heterocycles. The monoisotopic (exact) mass is 232 g/mol. The van der Waals surface area contributed by atoms with Gasteiger partial charge >= 0.3 is 0 Å². The molecule has 3 heteroatoms. The number of anilines is 1. The molecular weight excluding hydrogens is 212 g/mol. The fraction of sp³-hybridized carbons (Fsp3) is 0.571. The number of nitrogens with zero attached hydrogens (tertiary/aromatic N) is 1. The highest BCUT2D eigenvalue weighted by molar-refractivity contribution is 5.40. The number of hydrogen-bond acceptors (Lipinski definition) is 3. The maximum Gasteiger partial charge on any atom is 0.0622 e. The minimum atomic E-state index is 0.615. The van der Waals surface area contributed by atoms with E-state index in [1.807, 2.05) is 12.1 Å². The van der Waals surface area contributed by atoms with Gasteiger partial charge in [0, 0.05) is 30.9 Å². The van der Waals surface area contributed by atoms with Gasteiger partial charge in [0.05, 0.1) is 6.61 Å². The first-order valence-electron chi connectivity index (χ1n) is 6.51. The molecule has 1 aliphatic carbocycles. The van der Waals surface area contributed by atoms with E-state index in [1.54, 1.807) is 0 Å². The van der Waals surface area contributed by atoms with Crippen molar-refractivity contribution in [1.82, 2.24) is 4.90 Å². The highest BCUT2D eigenvalue weighted by Gasteiger charge is 2.35. The van der Waals surface area contributed by atoms with Crippen molar-refractivity contribution in [3.63, 3.8) is 0 Å². The maximum atomic E-state index is 5.84. The van der Waals surface area contributed by atoms with Crippen LogP contribution in [0.3, 0.4) is 0 Å². The van der Waals surface area contributed by atoms with Crippen molar-refractivity contribution in [2.24, 2.45) is 0 Å². The summed E-state index contributed by atoms with van der Waals surface area (Å²) in [6.45, 7) is 2.84. The quantitative estimate of drug-likeness (QED) is 0.807. The highest BCUT2D eigenvalue weighted by atomic mass is 16.5. The van der Waals surface area contributed by atoms with Gasteiger partial charge in [-0.3, -0.25) is 4.90 Å². The standard InChI is InChI=1S/C14H20N2O/c15-12-3-1-2-11(8-12)9-16(13-4-5-13)14-6-7-17-10-14/h1-3,8,13-14H,4-7,9-10,15H2. The van der Waals surface area contributed by atoms with Crippen LogP contribution < -0.4 is 5.73 Å². The summed E-state index contributed by atoms with van der Waals surface area (Å²) in [6, 6.07) is 9.64. The lowest BCUT2D eigenvalue weighted by Crippen LogP contribution is -2.36. The first kappa shape index (κ1) is 11.1. The number of nitrogen functional groups attached to an aromatic ring is 1. The molecule has 0 bridgehead atoms. The normalized spacial score (nSPS) is 24.4. The van der Waals surface area contributed by atoms with E-state index in [0.29, 0.717) is 6.04 Å². The third-order valence-corrected chi connectivity index (χ3v) is 3.71. The van der Waals surface area contributed by atoms with Gasteiger partial charge in [0.1, 0.15) is 0 Å². The van der Waals surface area contributed by atoms with E-state index in [4.69, 9.17) is 10.5 Å². The van der Waals surface area contributed by atoms with Crippen molar-refractivity contribution in [2.45, 2.75) is 37.9 Å². The Morgan fingerprint density at radius 2 is 2.12 bits per heavy atom. The van der Waals surface area contributed by atoms with Crippen LogP contribution in [0.25, 0.3) is 0 Å². The Bertz CT molecular complexity index is 384. The number of hydrogen-bond donors (Lipinski definition) is 1. The predicted molar refractivity (Wildman–Crippen MR) is 68.6 cm³/mol. The molecule has 17 heavy (non-hydrogen) atoms. The first-order chi connectivity index (χ1) is 8.33. The van der Waals surface area contributed by atoms with Gasteiger partial charge in [-0.15, -0.1) is 0 Å². The summed E-state index contributed by atoms with van der Waals surface area (Å²) in [5.74, 6) is 0. The van der Waals surface area contributed by atoms with Crippen LogP contribution in [-0.4, -0.2) is 30.2 Å². The Morgan fingerprint density at radius 3 is 2.76 bits per heavy atom. The third-order valence-electron chi connectivity index (χ3n) is 3.71. The largest absolute Gasteiger partial charge is 0.399 e. The molecule has 0 spiro atoms. The molecule has 1 heterocycles. The van der Waals surface area contributed by atoms with E-state index in [1.165, 1.54) is 24.8 Å². The van der Waals surface area contributed by atoms with Crippen LogP contribution in [-0.2, 0) is 11.3 Å². The lowest BCUT2D eigenvalue weighted by Gasteiger charge is -2.27. The second-order valence-corrected chi connectivity index (χ2v) is 5.17. The Hall–Kier alpha value is -1.06. The Morgan fingerprint density at radius 1 is 1.24 bits per heavy atom. The summed E-state index contributed by atoms with van der Waals surface area (Å²) in [6.07, 6.45) is 3.87. The zero-order valence-electron chi connectivity index (χ0n) is 10.1. The molecule has 0 radical (unpaired) electrons. The van der Waals surface area contributed by atoms with Gasteiger partial charge in [-0.25, -0.2) is 0 Å². The number of benzene rings is 1. The topological polar surface area (TPSA) is 38.5 Å². The van der Waals surface area contributed by atoms with Crippen LogP contribution in [0.2, 0.25) is 0 Å². The second-order valence-electron chi connectivity index (χ2n) is 5.17. The van der Waals surface area contributed by atoms with Gasteiger partial charge in [0.15, 0.2) is 0 Å². The van der Waals surface area contributed by atoms with E-state index >= 15 is 0 Å². The Kier molecular flexibility index (Phi) is 3.04. The van der Waals surface area contributed by atoms with Crippen molar-refractivity contribution in [1.29, 1.82) is 0 Å². The SMILES string of the molecule is Nc1cccc(CN(C2CC2)C2CCOC2)c1. The van der Waals surface area contributed by atoms with Crippen molar-refractivity contribution in [3.8, 4) is 0 Å². The summed E-state index contributed by atoms with van der Waals surface area (Å²) >= 11 is 0. The van der Waals surface area contributed by atoms with Crippen molar-refractivity contribution < 1.29 is 4.74 Å². The zero-order chi connectivity index (χ0) is 11.7. The summed E-state index contributed by atoms with van der Waals surface area (Å²) < 4.78 is 5.51. The fourth-order valence-electron chi connectivity index (χ4n) is 2.65. The zero-order valence-corrected chi connectivity index (χ0v) is 10.1. The van der Waals surface area contributed by atoms with Crippen LogP contribution in [0.15, 0.2) is 24.3 Å². The molecule has 3 nitrogen and oxygen atoms in total. The van der Waals surface area contributed by atoms with Crippen LogP contribution in [0.4, 0.5) is 5.69 Å². The highest BCUT2D eigenvalue weighted by Crippen LogP contribution is 2.32. The molecule has 1 aliphatic heterocycles. The number of ether oxygens (including phenoxy) is 1. The summed E-state index contributed by atoms with van der Waals surface area (Å²) in [7, 11) is 0. The van der Waals surface area contributed by atoms with Crippen molar-refractivity contribution >= 4 is 5.69 Å². The molecule has 2 N–H and O–H groups in total. The minimum absolute atomic E-state index is 0.615. The minimum Gasteiger partial charge on any atom is -0.399 e. The molecule has 1 atom stereocenters. The molecular formula is C14H20N2O. The Labute approximate surface area is 103 Å². The van der Waals surface area contributed by atoms with Gasteiger partial charge in [0.25, 0.3) is 0 Å².